The van der Waals surface area contributed by atoms with E-state index in [-0.39, 0.29) is 17.7 Å². The highest BCUT2D eigenvalue weighted by molar-refractivity contribution is 5.83. The number of aromatic nitrogens is 1. The lowest BCUT2D eigenvalue weighted by Gasteiger charge is -2.22. The second-order valence-electron chi connectivity index (χ2n) is 7.77. The van der Waals surface area contributed by atoms with Crippen LogP contribution in [0.2, 0.25) is 0 Å². The van der Waals surface area contributed by atoms with Gasteiger partial charge in [-0.2, -0.15) is 0 Å². The molecule has 4 rings (SSSR count). The van der Waals surface area contributed by atoms with E-state index in [0.717, 1.165) is 37.9 Å². The van der Waals surface area contributed by atoms with Gasteiger partial charge in [0.05, 0.1) is 0 Å². The highest BCUT2D eigenvalue weighted by Gasteiger charge is 2.45. The minimum atomic E-state index is 0.122. The molecule has 1 saturated carbocycles. The summed E-state index contributed by atoms with van der Waals surface area (Å²) in [6.07, 6.45) is 6.58. The van der Waals surface area contributed by atoms with Crippen molar-refractivity contribution >= 4 is 11.8 Å². The molecule has 0 unspecified atom stereocenters. The van der Waals surface area contributed by atoms with Crippen molar-refractivity contribution in [2.75, 3.05) is 26.2 Å². The van der Waals surface area contributed by atoms with Crippen molar-refractivity contribution in [3.05, 3.63) is 66.0 Å². The average Bonchev–Trinajstić information content (AvgIpc) is 3.56. The molecule has 1 aliphatic heterocycles. The number of aryl methyl sites for hydroxylation is 1. The van der Waals surface area contributed by atoms with Crippen molar-refractivity contribution < 1.29 is 9.59 Å². The lowest BCUT2D eigenvalue weighted by atomic mass is 10.1. The van der Waals surface area contributed by atoms with E-state index >= 15 is 0 Å². The minimum Gasteiger partial charge on any atom is -0.341 e. The number of benzene rings is 1. The van der Waals surface area contributed by atoms with E-state index in [9.17, 15) is 9.59 Å². The van der Waals surface area contributed by atoms with E-state index in [1.165, 1.54) is 5.56 Å². The molecule has 146 valence electrons. The normalized spacial score (nSPS) is 21.9. The third-order valence-corrected chi connectivity index (χ3v) is 5.87. The number of nitrogens with zero attached hydrogens (tertiary/aromatic N) is 3. The van der Waals surface area contributed by atoms with Gasteiger partial charge in [-0.3, -0.25) is 14.6 Å². The van der Waals surface area contributed by atoms with Crippen LogP contribution in [0.4, 0.5) is 0 Å². The first-order valence-electron chi connectivity index (χ1n) is 10.2. The molecule has 2 heterocycles. The predicted octanol–water partition coefficient (Wildman–Crippen LogP) is 2.88. The van der Waals surface area contributed by atoms with Gasteiger partial charge in [0.25, 0.3) is 0 Å². The molecule has 0 radical (unpaired) electrons. The molecule has 0 N–H and O–H groups in total. The Morgan fingerprint density at radius 2 is 1.64 bits per heavy atom. The van der Waals surface area contributed by atoms with Crippen LogP contribution in [0.5, 0.6) is 0 Å². The third kappa shape index (κ3) is 4.41. The minimum absolute atomic E-state index is 0.122. The second-order valence-corrected chi connectivity index (χ2v) is 7.77. The van der Waals surface area contributed by atoms with Crippen molar-refractivity contribution in [1.82, 2.24) is 14.8 Å². The van der Waals surface area contributed by atoms with Gasteiger partial charge in [-0.05, 0) is 48.4 Å². The molecule has 1 aliphatic carbocycles. The van der Waals surface area contributed by atoms with Crippen molar-refractivity contribution in [3.8, 4) is 0 Å². The fourth-order valence-corrected chi connectivity index (χ4v) is 4.12. The SMILES string of the molecule is O=C(CCc1ccncc1)N1CCCN(C(=O)[C@@H]2C[C@H]2c2ccccc2)CC1. The van der Waals surface area contributed by atoms with Gasteiger partial charge in [0.15, 0.2) is 0 Å². The van der Waals surface area contributed by atoms with E-state index in [0.29, 0.717) is 25.4 Å². The van der Waals surface area contributed by atoms with E-state index in [1.807, 2.05) is 40.1 Å². The molecule has 28 heavy (non-hydrogen) atoms. The standard InChI is InChI=1S/C23H27N3O2/c27-22(8-7-18-9-11-24-12-10-18)25-13-4-14-26(16-15-25)23(28)21-17-20(21)19-5-2-1-3-6-19/h1-3,5-6,9-12,20-21H,4,7-8,13-17H2/t20-,21+/m0/s1. The summed E-state index contributed by atoms with van der Waals surface area (Å²) in [6, 6.07) is 14.2. The van der Waals surface area contributed by atoms with E-state index < -0.39 is 0 Å². The summed E-state index contributed by atoms with van der Waals surface area (Å²) in [4.78, 5) is 33.4. The predicted molar refractivity (Wildman–Crippen MR) is 108 cm³/mol. The highest BCUT2D eigenvalue weighted by atomic mass is 16.2. The van der Waals surface area contributed by atoms with Crippen LogP contribution in [0.25, 0.3) is 0 Å². The number of amides is 2. The third-order valence-electron chi connectivity index (χ3n) is 5.87. The Hall–Kier alpha value is -2.69. The summed E-state index contributed by atoms with van der Waals surface area (Å²) >= 11 is 0. The van der Waals surface area contributed by atoms with Crippen LogP contribution in [0.1, 0.15) is 36.3 Å². The number of carbonyl (C=O) groups is 2. The van der Waals surface area contributed by atoms with E-state index in [2.05, 4.69) is 17.1 Å². The Balaban J connectivity index is 1.27. The number of hydrogen-bond acceptors (Lipinski definition) is 3. The first-order valence-corrected chi connectivity index (χ1v) is 10.2. The van der Waals surface area contributed by atoms with Crippen molar-refractivity contribution in [2.24, 2.45) is 5.92 Å². The average molecular weight is 377 g/mol. The summed E-state index contributed by atoms with van der Waals surface area (Å²) in [7, 11) is 0. The van der Waals surface area contributed by atoms with Gasteiger partial charge in [0, 0.05) is 50.9 Å². The smallest absolute Gasteiger partial charge is 0.226 e. The molecule has 2 aromatic rings. The van der Waals surface area contributed by atoms with Crippen LogP contribution < -0.4 is 0 Å². The van der Waals surface area contributed by atoms with Gasteiger partial charge in [0.1, 0.15) is 0 Å². The van der Waals surface area contributed by atoms with E-state index in [1.54, 1.807) is 12.4 Å². The molecule has 1 aromatic heterocycles. The summed E-state index contributed by atoms with van der Waals surface area (Å²) in [5, 5.41) is 0. The fraction of sp³-hybridized carbons (Fsp3) is 0.435. The quantitative estimate of drug-likeness (QED) is 0.805. The van der Waals surface area contributed by atoms with Crippen LogP contribution in [0, 0.1) is 5.92 Å². The molecular formula is C23H27N3O2. The fourth-order valence-electron chi connectivity index (χ4n) is 4.12. The topological polar surface area (TPSA) is 53.5 Å². The zero-order valence-electron chi connectivity index (χ0n) is 16.2. The monoisotopic (exact) mass is 377 g/mol. The zero-order chi connectivity index (χ0) is 19.3. The molecule has 1 aromatic carbocycles. The van der Waals surface area contributed by atoms with Crippen LogP contribution in [-0.2, 0) is 16.0 Å². The molecule has 0 bridgehead atoms. The lowest BCUT2D eigenvalue weighted by molar-refractivity contribution is -0.134. The molecule has 0 spiro atoms. The number of hydrogen-bond donors (Lipinski definition) is 0. The maximum absolute atomic E-state index is 12.9. The molecular weight excluding hydrogens is 350 g/mol. The Kier molecular flexibility index (Phi) is 5.70. The highest BCUT2D eigenvalue weighted by Crippen LogP contribution is 2.48. The molecule has 2 aliphatic rings. The summed E-state index contributed by atoms with van der Waals surface area (Å²) in [6.45, 7) is 2.79. The van der Waals surface area contributed by atoms with Gasteiger partial charge in [-0.25, -0.2) is 0 Å². The van der Waals surface area contributed by atoms with E-state index in [4.69, 9.17) is 0 Å². The van der Waals surface area contributed by atoms with Gasteiger partial charge < -0.3 is 9.80 Å². The van der Waals surface area contributed by atoms with Crippen molar-refractivity contribution in [2.45, 2.75) is 31.6 Å². The van der Waals surface area contributed by atoms with Crippen molar-refractivity contribution in [3.63, 3.8) is 0 Å². The second kappa shape index (κ2) is 8.55. The Labute approximate surface area is 166 Å². The maximum Gasteiger partial charge on any atom is 0.226 e. The van der Waals surface area contributed by atoms with Gasteiger partial charge in [-0.15, -0.1) is 0 Å². The zero-order valence-corrected chi connectivity index (χ0v) is 16.2. The summed E-state index contributed by atoms with van der Waals surface area (Å²) in [5.41, 5.74) is 2.40. The van der Waals surface area contributed by atoms with Crippen molar-refractivity contribution in [1.29, 1.82) is 0 Å². The first kappa shape index (κ1) is 18.7. The van der Waals surface area contributed by atoms with Gasteiger partial charge >= 0.3 is 0 Å². The number of carbonyl (C=O) groups excluding carboxylic acids is 2. The Bertz CT molecular complexity index is 809. The number of pyridine rings is 1. The van der Waals surface area contributed by atoms with Crippen LogP contribution in [-0.4, -0.2) is 52.8 Å². The molecule has 2 fully saturated rings. The van der Waals surface area contributed by atoms with Gasteiger partial charge in [0.2, 0.25) is 11.8 Å². The lowest BCUT2D eigenvalue weighted by Crippen LogP contribution is -2.38. The first-order chi connectivity index (χ1) is 13.7. The largest absolute Gasteiger partial charge is 0.341 e. The maximum atomic E-state index is 12.9. The van der Waals surface area contributed by atoms with Gasteiger partial charge in [-0.1, -0.05) is 30.3 Å². The summed E-state index contributed by atoms with van der Waals surface area (Å²) < 4.78 is 0. The Morgan fingerprint density at radius 3 is 2.43 bits per heavy atom. The van der Waals surface area contributed by atoms with Crippen LogP contribution in [0.15, 0.2) is 54.9 Å². The summed E-state index contributed by atoms with van der Waals surface area (Å²) in [5.74, 6) is 0.936. The molecule has 5 heteroatoms. The molecule has 5 nitrogen and oxygen atoms in total. The number of rotatable bonds is 5. The van der Waals surface area contributed by atoms with Crippen LogP contribution in [0.3, 0.4) is 0 Å². The van der Waals surface area contributed by atoms with Crippen LogP contribution >= 0.6 is 0 Å². The Morgan fingerprint density at radius 1 is 0.929 bits per heavy atom. The molecule has 1 saturated heterocycles. The molecule has 2 amide bonds. The molecule has 2 atom stereocenters.